The summed E-state index contributed by atoms with van der Waals surface area (Å²) in [5.74, 6) is -0.285. The molecule has 0 saturated carbocycles. The molecule has 0 fully saturated rings. The van der Waals surface area contributed by atoms with Crippen molar-refractivity contribution in [2.45, 2.75) is 11.2 Å². The van der Waals surface area contributed by atoms with Crippen LogP contribution in [0.2, 0.25) is 0 Å². The second kappa shape index (κ2) is 2.66. The third-order valence-corrected chi connectivity index (χ3v) is 2.79. The molecule has 1 atom stereocenters. The van der Waals surface area contributed by atoms with Crippen LogP contribution in [0.1, 0.15) is 15.9 Å². The minimum Gasteiger partial charge on any atom is -0.293 e. The standard InChI is InChI=1S/C9H6BrFO/c10-7-4-6-5(9(7)12)2-1-3-8(6)11/h1-3,7H,4H2/t7-/m0/s1. The summed E-state index contributed by atoms with van der Waals surface area (Å²) < 4.78 is 13.1. The molecule has 12 heavy (non-hydrogen) atoms. The third kappa shape index (κ3) is 1.00. The number of ketones is 1. The van der Waals surface area contributed by atoms with Crippen LogP contribution in [0.5, 0.6) is 0 Å². The number of Topliss-reactive ketones (excluding diaryl/α,β-unsaturated/α-hetero) is 1. The predicted octanol–water partition coefficient (Wildman–Crippen LogP) is 2.33. The average molecular weight is 229 g/mol. The lowest BCUT2D eigenvalue weighted by molar-refractivity contribution is 0.100. The van der Waals surface area contributed by atoms with Crippen molar-refractivity contribution in [1.29, 1.82) is 0 Å². The Bertz CT molecular complexity index is 348. The molecule has 0 spiro atoms. The molecule has 3 heteroatoms. The van der Waals surface area contributed by atoms with Gasteiger partial charge in [0.1, 0.15) is 5.82 Å². The smallest absolute Gasteiger partial charge is 0.177 e. The molecule has 62 valence electrons. The number of halogens is 2. The average Bonchev–Trinajstić information content (AvgIpc) is 2.32. The molecule has 1 aliphatic rings. The highest BCUT2D eigenvalue weighted by Gasteiger charge is 2.29. The monoisotopic (exact) mass is 228 g/mol. The minimum absolute atomic E-state index is 0.00972. The van der Waals surface area contributed by atoms with Gasteiger partial charge in [-0.25, -0.2) is 4.39 Å². The highest BCUT2D eigenvalue weighted by Crippen LogP contribution is 2.28. The molecular weight excluding hydrogens is 223 g/mol. The van der Waals surface area contributed by atoms with E-state index >= 15 is 0 Å². The number of benzene rings is 1. The zero-order valence-corrected chi connectivity index (χ0v) is 7.77. The lowest BCUT2D eigenvalue weighted by Crippen LogP contribution is -2.05. The molecule has 0 unspecified atom stereocenters. The van der Waals surface area contributed by atoms with Crippen LogP contribution in [-0.2, 0) is 6.42 Å². The molecule has 2 rings (SSSR count). The van der Waals surface area contributed by atoms with E-state index in [1.807, 2.05) is 0 Å². The molecule has 0 N–H and O–H groups in total. The Morgan fingerprint density at radius 2 is 2.25 bits per heavy atom. The Hall–Kier alpha value is -0.700. The van der Waals surface area contributed by atoms with E-state index in [1.54, 1.807) is 12.1 Å². The summed E-state index contributed by atoms with van der Waals surface area (Å²) in [5.41, 5.74) is 1.07. The highest BCUT2D eigenvalue weighted by molar-refractivity contribution is 9.10. The van der Waals surface area contributed by atoms with Crippen LogP contribution in [0.15, 0.2) is 18.2 Å². The normalized spacial score (nSPS) is 21.2. The zero-order chi connectivity index (χ0) is 8.72. The first kappa shape index (κ1) is 7.92. The molecule has 0 aromatic heterocycles. The molecule has 0 saturated heterocycles. The van der Waals surface area contributed by atoms with Crippen molar-refractivity contribution in [2.75, 3.05) is 0 Å². The lowest BCUT2D eigenvalue weighted by Gasteiger charge is -1.96. The number of rotatable bonds is 0. The molecule has 1 nitrogen and oxygen atoms in total. The molecule has 0 bridgehead atoms. The highest BCUT2D eigenvalue weighted by atomic mass is 79.9. The lowest BCUT2D eigenvalue weighted by atomic mass is 10.1. The fraction of sp³-hybridized carbons (Fsp3) is 0.222. The van der Waals surface area contributed by atoms with Crippen molar-refractivity contribution in [3.63, 3.8) is 0 Å². The third-order valence-electron chi connectivity index (χ3n) is 2.05. The first-order chi connectivity index (χ1) is 5.70. The number of carbonyl (C=O) groups is 1. The van der Waals surface area contributed by atoms with Crippen LogP contribution in [-0.4, -0.2) is 10.6 Å². The maximum Gasteiger partial charge on any atom is 0.177 e. The maximum absolute atomic E-state index is 13.1. The van der Waals surface area contributed by atoms with Gasteiger partial charge in [0.25, 0.3) is 0 Å². The van der Waals surface area contributed by atoms with Gasteiger partial charge in [-0.05, 0) is 12.5 Å². The van der Waals surface area contributed by atoms with Crippen molar-refractivity contribution < 1.29 is 9.18 Å². The molecule has 1 aliphatic carbocycles. The van der Waals surface area contributed by atoms with Crippen molar-refractivity contribution >= 4 is 21.7 Å². The molecule has 1 aromatic rings. The van der Waals surface area contributed by atoms with E-state index in [0.717, 1.165) is 0 Å². The van der Waals surface area contributed by atoms with Crippen molar-refractivity contribution in [3.05, 3.63) is 35.1 Å². The van der Waals surface area contributed by atoms with Crippen LogP contribution in [0.4, 0.5) is 4.39 Å². The second-order valence-electron chi connectivity index (χ2n) is 2.80. The largest absolute Gasteiger partial charge is 0.293 e. The van der Waals surface area contributed by atoms with E-state index in [-0.39, 0.29) is 16.4 Å². The minimum atomic E-state index is -0.275. The summed E-state index contributed by atoms with van der Waals surface area (Å²) in [6, 6.07) is 4.62. The molecule has 0 amide bonds. The van der Waals surface area contributed by atoms with Gasteiger partial charge in [-0.2, -0.15) is 0 Å². The number of carbonyl (C=O) groups excluding carboxylic acids is 1. The molecule has 1 aromatic carbocycles. The Morgan fingerprint density at radius 3 is 2.92 bits per heavy atom. The van der Waals surface area contributed by atoms with Crippen LogP contribution in [0.3, 0.4) is 0 Å². The molecule has 0 heterocycles. The first-order valence-electron chi connectivity index (χ1n) is 3.66. The van der Waals surface area contributed by atoms with E-state index in [9.17, 15) is 9.18 Å². The van der Waals surface area contributed by atoms with Gasteiger partial charge in [0, 0.05) is 11.1 Å². The van der Waals surface area contributed by atoms with Crippen LogP contribution < -0.4 is 0 Å². The summed E-state index contributed by atoms with van der Waals surface area (Å²) in [4.78, 5) is 11.1. The molecular formula is C9H6BrFO. The van der Waals surface area contributed by atoms with Crippen molar-refractivity contribution in [1.82, 2.24) is 0 Å². The zero-order valence-electron chi connectivity index (χ0n) is 6.18. The summed E-state index contributed by atoms with van der Waals surface area (Å²) >= 11 is 3.20. The van der Waals surface area contributed by atoms with Gasteiger partial charge in [0.05, 0.1) is 4.83 Å². The number of alkyl halides is 1. The molecule has 0 radical (unpaired) electrons. The predicted molar refractivity (Wildman–Crippen MR) is 47.1 cm³/mol. The number of fused-ring (bicyclic) bond motifs is 1. The van der Waals surface area contributed by atoms with Crippen molar-refractivity contribution in [3.8, 4) is 0 Å². The fourth-order valence-electron chi connectivity index (χ4n) is 1.44. The first-order valence-corrected chi connectivity index (χ1v) is 4.57. The topological polar surface area (TPSA) is 17.1 Å². The van der Waals surface area contributed by atoms with Gasteiger partial charge in [-0.1, -0.05) is 28.1 Å². The Kier molecular flexibility index (Phi) is 1.76. The summed E-state index contributed by atoms with van der Waals surface area (Å²) in [7, 11) is 0. The van der Waals surface area contributed by atoms with Gasteiger partial charge in [0.15, 0.2) is 5.78 Å². The Morgan fingerprint density at radius 1 is 1.50 bits per heavy atom. The van der Waals surface area contributed by atoms with E-state index in [2.05, 4.69) is 15.9 Å². The quantitative estimate of drug-likeness (QED) is 0.624. The fourth-order valence-corrected chi connectivity index (χ4v) is 2.01. The van der Waals surface area contributed by atoms with Gasteiger partial charge in [-0.3, -0.25) is 4.79 Å². The SMILES string of the molecule is O=C1c2cccc(F)c2C[C@@H]1Br. The van der Waals surface area contributed by atoms with E-state index in [1.165, 1.54) is 6.07 Å². The van der Waals surface area contributed by atoms with Gasteiger partial charge in [0.2, 0.25) is 0 Å². The van der Waals surface area contributed by atoms with E-state index < -0.39 is 0 Å². The van der Waals surface area contributed by atoms with Crippen LogP contribution >= 0.6 is 15.9 Å². The van der Waals surface area contributed by atoms with E-state index in [0.29, 0.717) is 17.5 Å². The van der Waals surface area contributed by atoms with Crippen LogP contribution in [0.25, 0.3) is 0 Å². The summed E-state index contributed by atoms with van der Waals surface area (Å²) in [6.07, 6.45) is 0.473. The van der Waals surface area contributed by atoms with Gasteiger partial charge in [-0.15, -0.1) is 0 Å². The van der Waals surface area contributed by atoms with Gasteiger partial charge < -0.3 is 0 Å². The Balaban J connectivity index is 2.61. The summed E-state index contributed by atoms with van der Waals surface area (Å²) in [6.45, 7) is 0. The Labute approximate surface area is 77.7 Å². The summed E-state index contributed by atoms with van der Waals surface area (Å²) in [5, 5.41) is 0. The maximum atomic E-state index is 13.1. The van der Waals surface area contributed by atoms with Gasteiger partial charge >= 0.3 is 0 Å². The number of hydrogen-bond acceptors (Lipinski definition) is 1. The molecule has 0 aliphatic heterocycles. The van der Waals surface area contributed by atoms with Crippen molar-refractivity contribution in [2.24, 2.45) is 0 Å². The number of hydrogen-bond donors (Lipinski definition) is 0. The van der Waals surface area contributed by atoms with Crippen LogP contribution in [0, 0.1) is 5.82 Å². The second-order valence-corrected chi connectivity index (χ2v) is 3.91. The van der Waals surface area contributed by atoms with E-state index in [4.69, 9.17) is 0 Å².